The molecular formula is C17H26ClN2O+. The van der Waals surface area contributed by atoms with Gasteiger partial charge in [-0.15, -0.1) is 11.6 Å². The van der Waals surface area contributed by atoms with Gasteiger partial charge in [-0.1, -0.05) is 38.1 Å². The molecular weight excluding hydrogens is 284 g/mol. The maximum absolute atomic E-state index is 11.6. The van der Waals surface area contributed by atoms with E-state index in [0.29, 0.717) is 12.0 Å². The van der Waals surface area contributed by atoms with Crippen LogP contribution in [0.25, 0.3) is 0 Å². The van der Waals surface area contributed by atoms with Crippen molar-refractivity contribution in [2.45, 2.75) is 32.7 Å². The Bertz CT molecular complexity index is 464. The minimum absolute atomic E-state index is 0.0599. The monoisotopic (exact) mass is 309 g/mol. The molecule has 116 valence electrons. The summed E-state index contributed by atoms with van der Waals surface area (Å²) in [5, 5.41) is 0. The number of amides is 1. The first kappa shape index (κ1) is 16.3. The van der Waals surface area contributed by atoms with E-state index in [2.05, 4.69) is 45.0 Å². The highest BCUT2D eigenvalue weighted by molar-refractivity contribution is 6.27. The van der Waals surface area contributed by atoms with Gasteiger partial charge < -0.3 is 9.80 Å². The van der Waals surface area contributed by atoms with Gasteiger partial charge in [0.1, 0.15) is 11.9 Å². The standard InChI is InChI=1S/C17H25ClN2O/c1-13(2)15-4-6-16(7-5-15)14(3)19-8-10-20(11-9-19)17(21)12-18/h4-7,13-14H,8-12H2,1-3H3/p+1/t14-/m0/s1. The molecule has 21 heavy (non-hydrogen) atoms. The third kappa shape index (κ3) is 3.98. The lowest BCUT2D eigenvalue weighted by atomic mass is 9.99. The molecule has 4 heteroatoms. The molecule has 1 N–H and O–H groups in total. The van der Waals surface area contributed by atoms with Crippen molar-refractivity contribution in [1.82, 2.24) is 4.90 Å². The second-order valence-corrected chi connectivity index (χ2v) is 6.48. The Hall–Kier alpha value is -1.06. The molecule has 1 saturated heterocycles. The SMILES string of the molecule is CC(C)c1ccc([C@H](C)[NH+]2CCN(C(=O)CCl)CC2)cc1. The minimum atomic E-state index is 0.0599. The summed E-state index contributed by atoms with van der Waals surface area (Å²) in [6, 6.07) is 9.46. The number of nitrogens with zero attached hydrogens (tertiary/aromatic N) is 1. The molecule has 0 aliphatic carbocycles. The Morgan fingerprint density at radius 2 is 1.67 bits per heavy atom. The third-order valence-corrected chi connectivity index (χ3v) is 4.82. The number of rotatable bonds is 4. The number of halogens is 1. The molecule has 1 aliphatic rings. The summed E-state index contributed by atoms with van der Waals surface area (Å²) in [5.41, 5.74) is 2.77. The number of hydrogen-bond donors (Lipinski definition) is 1. The van der Waals surface area contributed by atoms with E-state index < -0.39 is 0 Å². The lowest BCUT2D eigenvalue weighted by Crippen LogP contribution is -3.14. The maximum Gasteiger partial charge on any atom is 0.237 e. The van der Waals surface area contributed by atoms with E-state index in [4.69, 9.17) is 11.6 Å². The highest BCUT2D eigenvalue weighted by atomic mass is 35.5. The minimum Gasteiger partial charge on any atom is -0.330 e. The van der Waals surface area contributed by atoms with Crippen molar-refractivity contribution in [3.05, 3.63) is 35.4 Å². The summed E-state index contributed by atoms with van der Waals surface area (Å²) in [6.07, 6.45) is 0. The smallest absolute Gasteiger partial charge is 0.237 e. The fourth-order valence-electron chi connectivity index (χ4n) is 2.97. The maximum atomic E-state index is 11.6. The van der Waals surface area contributed by atoms with Crippen molar-refractivity contribution in [2.24, 2.45) is 0 Å². The molecule has 0 radical (unpaired) electrons. The van der Waals surface area contributed by atoms with Crippen LogP contribution in [0.4, 0.5) is 0 Å². The van der Waals surface area contributed by atoms with Gasteiger partial charge in [0.2, 0.25) is 5.91 Å². The lowest BCUT2D eigenvalue weighted by Gasteiger charge is -2.35. The van der Waals surface area contributed by atoms with Crippen LogP contribution in [0.5, 0.6) is 0 Å². The number of carbonyl (C=O) groups is 1. The van der Waals surface area contributed by atoms with Gasteiger partial charge in [0.15, 0.2) is 0 Å². The molecule has 1 amide bonds. The van der Waals surface area contributed by atoms with Crippen LogP contribution in [0.3, 0.4) is 0 Å². The second kappa shape index (κ2) is 7.28. The van der Waals surface area contributed by atoms with Crippen LogP contribution in [0.2, 0.25) is 0 Å². The van der Waals surface area contributed by atoms with Crippen LogP contribution in [-0.2, 0) is 4.79 Å². The van der Waals surface area contributed by atoms with E-state index >= 15 is 0 Å². The van der Waals surface area contributed by atoms with E-state index in [-0.39, 0.29) is 11.8 Å². The van der Waals surface area contributed by atoms with Crippen molar-refractivity contribution in [1.29, 1.82) is 0 Å². The van der Waals surface area contributed by atoms with Gasteiger partial charge >= 0.3 is 0 Å². The highest BCUT2D eigenvalue weighted by Crippen LogP contribution is 2.17. The van der Waals surface area contributed by atoms with Crippen LogP contribution >= 0.6 is 11.6 Å². The second-order valence-electron chi connectivity index (χ2n) is 6.22. The number of alkyl halides is 1. The summed E-state index contributed by atoms with van der Waals surface area (Å²) in [6.45, 7) is 10.3. The molecule has 1 aromatic rings. The normalized spacial score (nSPS) is 18.0. The zero-order valence-corrected chi connectivity index (χ0v) is 14.0. The van der Waals surface area contributed by atoms with Crippen LogP contribution in [0, 0.1) is 0 Å². The lowest BCUT2D eigenvalue weighted by molar-refractivity contribution is -0.933. The summed E-state index contributed by atoms with van der Waals surface area (Å²) < 4.78 is 0. The number of piperazine rings is 1. The van der Waals surface area contributed by atoms with Crippen molar-refractivity contribution in [3.63, 3.8) is 0 Å². The van der Waals surface area contributed by atoms with E-state index in [9.17, 15) is 4.79 Å². The molecule has 0 aromatic heterocycles. The topological polar surface area (TPSA) is 24.8 Å². The summed E-state index contributed by atoms with van der Waals surface area (Å²) in [7, 11) is 0. The molecule has 1 atom stereocenters. The van der Waals surface area contributed by atoms with E-state index in [1.807, 2.05) is 4.90 Å². The first-order chi connectivity index (χ1) is 10.0. The number of nitrogens with one attached hydrogen (secondary N) is 1. The van der Waals surface area contributed by atoms with Gasteiger partial charge in [0.25, 0.3) is 0 Å². The molecule has 1 fully saturated rings. The van der Waals surface area contributed by atoms with Gasteiger partial charge in [0.05, 0.1) is 26.2 Å². The molecule has 3 nitrogen and oxygen atoms in total. The predicted octanol–water partition coefficient (Wildman–Crippen LogP) is 1.84. The third-order valence-electron chi connectivity index (χ3n) is 4.59. The molecule has 0 saturated carbocycles. The predicted molar refractivity (Wildman–Crippen MR) is 86.9 cm³/mol. The van der Waals surface area contributed by atoms with E-state index in [1.54, 1.807) is 4.90 Å². The zero-order chi connectivity index (χ0) is 15.4. The first-order valence-electron chi connectivity index (χ1n) is 7.81. The number of benzene rings is 1. The first-order valence-corrected chi connectivity index (χ1v) is 8.34. The Morgan fingerprint density at radius 3 is 2.14 bits per heavy atom. The van der Waals surface area contributed by atoms with Crippen LogP contribution in [-0.4, -0.2) is 42.9 Å². The fourth-order valence-corrected chi connectivity index (χ4v) is 3.14. The van der Waals surface area contributed by atoms with Crippen molar-refractivity contribution < 1.29 is 9.69 Å². The summed E-state index contributed by atoms with van der Waals surface area (Å²) >= 11 is 5.62. The molecule has 0 spiro atoms. The number of quaternary nitrogens is 1. The zero-order valence-electron chi connectivity index (χ0n) is 13.2. The number of hydrogen-bond acceptors (Lipinski definition) is 1. The largest absolute Gasteiger partial charge is 0.330 e. The summed E-state index contributed by atoms with van der Waals surface area (Å²) in [5.74, 6) is 0.734. The van der Waals surface area contributed by atoms with Crippen LogP contribution < -0.4 is 4.90 Å². The van der Waals surface area contributed by atoms with Gasteiger partial charge in [-0.2, -0.15) is 0 Å². The average molecular weight is 310 g/mol. The van der Waals surface area contributed by atoms with Crippen LogP contribution in [0.15, 0.2) is 24.3 Å². The molecule has 0 unspecified atom stereocenters. The highest BCUT2D eigenvalue weighted by Gasteiger charge is 2.27. The Labute approximate surface area is 132 Å². The Morgan fingerprint density at radius 1 is 1.14 bits per heavy atom. The Balaban J connectivity index is 1.95. The average Bonchev–Trinajstić information content (AvgIpc) is 2.53. The molecule has 1 aromatic carbocycles. The van der Waals surface area contributed by atoms with E-state index in [1.165, 1.54) is 11.1 Å². The van der Waals surface area contributed by atoms with Gasteiger partial charge in [-0.05, 0) is 18.4 Å². The van der Waals surface area contributed by atoms with Crippen molar-refractivity contribution in [2.75, 3.05) is 32.1 Å². The van der Waals surface area contributed by atoms with Gasteiger partial charge in [0, 0.05) is 5.56 Å². The molecule has 1 heterocycles. The summed E-state index contributed by atoms with van der Waals surface area (Å²) in [4.78, 5) is 15.0. The van der Waals surface area contributed by atoms with Crippen LogP contribution in [0.1, 0.15) is 43.9 Å². The molecule has 0 bridgehead atoms. The van der Waals surface area contributed by atoms with Gasteiger partial charge in [-0.25, -0.2) is 0 Å². The number of carbonyl (C=O) groups excluding carboxylic acids is 1. The van der Waals surface area contributed by atoms with Gasteiger partial charge in [-0.3, -0.25) is 4.79 Å². The fraction of sp³-hybridized carbons (Fsp3) is 0.588. The quantitative estimate of drug-likeness (QED) is 0.844. The van der Waals surface area contributed by atoms with Crippen molar-refractivity contribution >= 4 is 17.5 Å². The van der Waals surface area contributed by atoms with E-state index in [0.717, 1.165) is 26.2 Å². The molecule has 2 rings (SSSR count). The molecule has 1 aliphatic heterocycles. The Kier molecular flexibility index (Phi) is 5.65. The van der Waals surface area contributed by atoms with Crippen molar-refractivity contribution in [3.8, 4) is 0 Å².